The first-order valence-corrected chi connectivity index (χ1v) is 4.32. The zero-order valence-corrected chi connectivity index (χ0v) is 6.89. The minimum Gasteiger partial charge on any atom is -0.314 e. The maximum atomic E-state index is 10.9. The summed E-state index contributed by atoms with van der Waals surface area (Å²) in [7, 11) is 0. The molecule has 0 aromatic heterocycles. The molecule has 1 aliphatic heterocycles. The topological polar surface area (TPSA) is 41.1 Å². The lowest BCUT2D eigenvalue weighted by Crippen LogP contribution is -2.35. The van der Waals surface area contributed by atoms with Gasteiger partial charge in [-0.25, -0.2) is 4.79 Å². The Kier molecular flexibility index (Phi) is 1.86. The molecule has 1 fully saturated rings. The minimum absolute atomic E-state index is 0.119. The van der Waals surface area contributed by atoms with Gasteiger partial charge >= 0.3 is 6.03 Å². The third-order valence-corrected chi connectivity index (χ3v) is 2.30. The van der Waals surface area contributed by atoms with Gasteiger partial charge in [-0.2, -0.15) is 0 Å². The van der Waals surface area contributed by atoms with Crippen LogP contribution < -0.4 is 10.6 Å². The lowest BCUT2D eigenvalue weighted by atomic mass is 10.1. The fourth-order valence-electron chi connectivity index (χ4n) is 1.68. The van der Waals surface area contributed by atoms with Crippen LogP contribution in [0, 0.1) is 0 Å². The Hall–Kier alpha value is -1.25. The van der Waals surface area contributed by atoms with Gasteiger partial charge in [-0.05, 0) is 37.3 Å². The molecule has 0 unspecified atom stereocenters. The molecule has 0 spiro atoms. The van der Waals surface area contributed by atoms with Crippen LogP contribution in [-0.2, 0) is 0 Å². The first kappa shape index (κ1) is 7.40. The monoisotopic (exact) mass is 164 g/mol. The lowest BCUT2D eigenvalue weighted by Gasteiger charge is -2.13. The average Bonchev–Trinajstić information content (AvgIpc) is 2.56. The van der Waals surface area contributed by atoms with Gasteiger partial charge in [-0.1, -0.05) is 0 Å². The third-order valence-electron chi connectivity index (χ3n) is 2.30. The molecule has 2 rings (SSSR count). The highest BCUT2D eigenvalue weighted by molar-refractivity contribution is 5.79. The van der Waals surface area contributed by atoms with Gasteiger partial charge in [-0.3, -0.25) is 0 Å². The summed E-state index contributed by atoms with van der Waals surface area (Å²) in [5, 5.41) is 5.37. The van der Waals surface area contributed by atoms with Gasteiger partial charge in [0.2, 0.25) is 0 Å². The van der Waals surface area contributed by atoms with Crippen LogP contribution in [0.1, 0.15) is 25.7 Å². The van der Waals surface area contributed by atoms with Crippen molar-refractivity contribution in [2.24, 2.45) is 0 Å². The summed E-state index contributed by atoms with van der Waals surface area (Å²) in [5.74, 6) is 0. The molecule has 2 amide bonds. The third kappa shape index (κ3) is 1.35. The van der Waals surface area contributed by atoms with Crippen LogP contribution in [-0.4, -0.2) is 6.03 Å². The first-order chi connectivity index (χ1) is 5.86. The quantitative estimate of drug-likeness (QED) is 0.561. The lowest BCUT2D eigenvalue weighted by molar-refractivity contribution is 0.246. The molecule has 3 nitrogen and oxygen atoms in total. The molecule has 0 bridgehead atoms. The van der Waals surface area contributed by atoms with Gasteiger partial charge in [0, 0.05) is 11.9 Å². The van der Waals surface area contributed by atoms with E-state index in [1.165, 1.54) is 18.4 Å². The molecule has 64 valence electrons. The number of carbonyl (C=O) groups is 1. The molecule has 0 aromatic carbocycles. The highest BCUT2D eigenvalue weighted by atomic mass is 16.2. The number of allylic oxidation sites excluding steroid dienone is 2. The van der Waals surface area contributed by atoms with Gasteiger partial charge in [0.1, 0.15) is 0 Å². The van der Waals surface area contributed by atoms with E-state index in [1.54, 1.807) is 6.20 Å². The van der Waals surface area contributed by atoms with E-state index in [1.807, 2.05) is 6.08 Å². The second-order valence-corrected chi connectivity index (χ2v) is 3.16. The highest BCUT2D eigenvalue weighted by Crippen LogP contribution is 2.26. The van der Waals surface area contributed by atoms with Crippen LogP contribution in [0.3, 0.4) is 0 Å². The van der Waals surface area contributed by atoms with Crippen LogP contribution >= 0.6 is 0 Å². The van der Waals surface area contributed by atoms with E-state index in [0.29, 0.717) is 0 Å². The second kappa shape index (κ2) is 3.01. The fourth-order valence-corrected chi connectivity index (χ4v) is 1.68. The van der Waals surface area contributed by atoms with E-state index in [9.17, 15) is 4.79 Å². The predicted molar refractivity (Wildman–Crippen MR) is 46.3 cm³/mol. The molecule has 2 aliphatic rings. The van der Waals surface area contributed by atoms with Crippen LogP contribution in [0.25, 0.3) is 0 Å². The molecule has 0 saturated heterocycles. The van der Waals surface area contributed by atoms with Crippen molar-refractivity contribution in [3.8, 4) is 0 Å². The minimum atomic E-state index is -0.119. The smallest absolute Gasteiger partial charge is 0.314 e. The number of rotatable bonds is 0. The summed E-state index contributed by atoms with van der Waals surface area (Å²) < 4.78 is 0. The molecular weight excluding hydrogens is 152 g/mol. The van der Waals surface area contributed by atoms with Gasteiger partial charge in [0.15, 0.2) is 0 Å². The van der Waals surface area contributed by atoms with Crippen LogP contribution in [0.5, 0.6) is 0 Å². The fraction of sp³-hybridized carbons (Fsp3) is 0.444. The summed E-state index contributed by atoms with van der Waals surface area (Å²) >= 11 is 0. The number of carbonyl (C=O) groups excluding carboxylic acids is 1. The first-order valence-electron chi connectivity index (χ1n) is 4.32. The Labute approximate surface area is 71.5 Å². The zero-order valence-electron chi connectivity index (χ0n) is 6.89. The maximum Gasteiger partial charge on any atom is 0.323 e. The second-order valence-electron chi connectivity index (χ2n) is 3.16. The number of hydrogen-bond donors (Lipinski definition) is 2. The number of amides is 2. The van der Waals surface area contributed by atoms with Crippen molar-refractivity contribution in [3.05, 3.63) is 23.5 Å². The van der Waals surface area contributed by atoms with Crippen molar-refractivity contribution >= 4 is 6.03 Å². The van der Waals surface area contributed by atoms with Crippen LogP contribution in [0.2, 0.25) is 0 Å². The van der Waals surface area contributed by atoms with Gasteiger partial charge in [-0.15, -0.1) is 0 Å². The van der Waals surface area contributed by atoms with Gasteiger partial charge in [0.05, 0.1) is 0 Å². The van der Waals surface area contributed by atoms with Gasteiger partial charge in [0.25, 0.3) is 0 Å². The Morgan fingerprint density at radius 2 is 2.00 bits per heavy atom. The van der Waals surface area contributed by atoms with Crippen molar-refractivity contribution in [2.45, 2.75) is 25.7 Å². The molecular formula is C9H12N2O. The summed E-state index contributed by atoms with van der Waals surface area (Å²) in [6, 6.07) is -0.119. The Morgan fingerprint density at radius 1 is 1.25 bits per heavy atom. The normalized spacial score (nSPS) is 22.5. The summed E-state index contributed by atoms with van der Waals surface area (Å²) in [4.78, 5) is 10.9. The number of nitrogens with one attached hydrogen (secondary N) is 2. The van der Waals surface area contributed by atoms with E-state index in [0.717, 1.165) is 18.5 Å². The van der Waals surface area contributed by atoms with Crippen molar-refractivity contribution in [1.29, 1.82) is 0 Å². The van der Waals surface area contributed by atoms with E-state index in [-0.39, 0.29) is 6.03 Å². The Balaban J connectivity index is 2.21. The molecule has 1 heterocycles. The van der Waals surface area contributed by atoms with Crippen LogP contribution in [0.4, 0.5) is 4.79 Å². The zero-order chi connectivity index (χ0) is 8.39. The highest BCUT2D eigenvalue weighted by Gasteiger charge is 2.14. The molecule has 0 radical (unpaired) electrons. The molecule has 0 atom stereocenters. The SMILES string of the molecule is O=C1NC=CC(=C2CCCC2)N1. The van der Waals surface area contributed by atoms with Crippen LogP contribution in [0.15, 0.2) is 23.5 Å². The average molecular weight is 164 g/mol. The molecule has 2 N–H and O–H groups in total. The summed E-state index contributed by atoms with van der Waals surface area (Å²) in [5.41, 5.74) is 2.40. The maximum absolute atomic E-state index is 10.9. The van der Waals surface area contributed by atoms with Crippen molar-refractivity contribution in [3.63, 3.8) is 0 Å². The molecule has 1 aliphatic carbocycles. The molecule has 12 heavy (non-hydrogen) atoms. The summed E-state index contributed by atoms with van der Waals surface area (Å²) in [6.07, 6.45) is 8.42. The number of urea groups is 1. The summed E-state index contributed by atoms with van der Waals surface area (Å²) in [6.45, 7) is 0. The molecule has 1 saturated carbocycles. The van der Waals surface area contributed by atoms with E-state index < -0.39 is 0 Å². The van der Waals surface area contributed by atoms with Crippen molar-refractivity contribution < 1.29 is 4.79 Å². The van der Waals surface area contributed by atoms with E-state index in [4.69, 9.17) is 0 Å². The molecule has 0 aromatic rings. The van der Waals surface area contributed by atoms with E-state index >= 15 is 0 Å². The Bertz CT molecular complexity index is 258. The Morgan fingerprint density at radius 3 is 2.67 bits per heavy atom. The van der Waals surface area contributed by atoms with Crippen molar-refractivity contribution in [2.75, 3.05) is 0 Å². The number of hydrogen-bond acceptors (Lipinski definition) is 1. The standard InChI is InChI=1S/C9H12N2O/c12-9-10-6-5-8(11-9)7-3-1-2-4-7/h5-6H,1-4H2,(H2,10,11,12). The van der Waals surface area contributed by atoms with Crippen molar-refractivity contribution in [1.82, 2.24) is 10.6 Å². The largest absolute Gasteiger partial charge is 0.323 e. The predicted octanol–water partition coefficient (Wildman–Crippen LogP) is 1.64. The molecule has 3 heteroatoms. The van der Waals surface area contributed by atoms with Gasteiger partial charge < -0.3 is 10.6 Å². The van der Waals surface area contributed by atoms with E-state index in [2.05, 4.69) is 10.6 Å².